The van der Waals surface area contributed by atoms with Gasteiger partial charge in [-0.05, 0) is 63.7 Å². The largest absolute Gasteiger partial charge is 0.371 e. The second-order valence-corrected chi connectivity index (χ2v) is 12.3. The Labute approximate surface area is 217 Å². The molecule has 1 unspecified atom stereocenters. The SMILES string of the molecule is CN(C)Cc1cn(CC2CCN2S(=O)(=O)c2ccc(N3CCCC3)c(-c3cc4ccccc4[nH]3)c2)nn1. The van der Waals surface area contributed by atoms with Crippen molar-refractivity contribution >= 4 is 26.6 Å². The molecule has 0 saturated carbocycles. The van der Waals surface area contributed by atoms with Gasteiger partial charge in [-0.15, -0.1) is 5.10 Å². The van der Waals surface area contributed by atoms with Gasteiger partial charge in [-0.25, -0.2) is 8.42 Å². The van der Waals surface area contributed by atoms with Gasteiger partial charge in [-0.3, -0.25) is 4.68 Å². The first kappa shape index (κ1) is 24.1. The zero-order valence-corrected chi connectivity index (χ0v) is 22.2. The molecule has 0 aliphatic carbocycles. The topological polar surface area (TPSA) is 90.4 Å². The first-order valence-corrected chi connectivity index (χ1v) is 14.4. The summed E-state index contributed by atoms with van der Waals surface area (Å²) in [5.41, 5.74) is 4.87. The summed E-state index contributed by atoms with van der Waals surface area (Å²) >= 11 is 0. The minimum atomic E-state index is -3.65. The number of sulfonamides is 1. The normalized spacial score (nSPS) is 18.7. The predicted molar refractivity (Wildman–Crippen MR) is 145 cm³/mol. The number of fused-ring (bicyclic) bond motifs is 1. The van der Waals surface area contributed by atoms with Crippen LogP contribution in [0.15, 0.2) is 59.6 Å². The standard InChI is InChI=1S/C27H33N7O2S/c1-31(2)17-21-18-33(30-29-21)19-22-11-14-34(22)37(35,36)23-9-10-27(32-12-5-6-13-32)24(16-23)26-15-20-7-3-4-8-25(20)28-26/h3-4,7-10,15-16,18,22,28H,5-6,11-14,17,19H2,1-2H3. The third-order valence-electron chi connectivity index (χ3n) is 7.39. The van der Waals surface area contributed by atoms with E-state index in [-0.39, 0.29) is 6.04 Å². The van der Waals surface area contributed by atoms with Crippen molar-refractivity contribution in [2.75, 3.05) is 38.6 Å². The fraction of sp³-hybridized carbons (Fsp3) is 0.407. The molecular formula is C27H33N7O2S. The molecule has 2 fully saturated rings. The van der Waals surface area contributed by atoms with Gasteiger partial charge in [0.1, 0.15) is 0 Å². The van der Waals surface area contributed by atoms with Gasteiger partial charge in [-0.1, -0.05) is 23.4 Å². The molecule has 2 aliphatic rings. The maximum Gasteiger partial charge on any atom is 0.243 e. The predicted octanol–water partition coefficient (Wildman–Crippen LogP) is 3.55. The number of nitrogens with zero attached hydrogens (tertiary/aromatic N) is 6. The molecule has 1 N–H and O–H groups in total. The molecule has 1 atom stereocenters. The fourth-order valence-electron chi connectivity index (χ4n) is 5.43. The van der Waals surface area contributed by atoms with Crippen LogP contribution in [0.1, 0.15) is 25.0 Å². The molecule has 37 heavy (non-hydrogen) atoms. The monoisotopic (exact) mass is 519 g/mol. The Hall–Kier alpha value is -3.21. The van der Waals surface area contributed by atoms with Gasteiger partial charge in [0.2, 0.25) is 10.0 Å². The molecule has 0 bridgehead atoms. The van der Waals surface area contributed by atoms with E-state index < -0.39 is 10.0 Å². The average Bonchev–Trinajstić information content (AvgIpc) is 3.61. The fourth-order valence-corrected chi connectivity index (χ4v) is 7.12. The lowest BCUT2D eigenvalue weighted by molar-refractivity contribution is 0.172. The number of hydrogen-bond donors (Lipinski definition) is 1. The Balaban J connectivity index is 1.31. The molecule has 0 radical (unpaired) electrons. The molecule has 194 valence electrons. The van der Waals surface area contributed by atoms with Crippen LogP contribution in [-0.4, -0.2) is 77.4 Å². The summed E-state index contributed by atoms with van der Waals surface area (Å²) < 4.78 is 31.0. The van der Waals surface area contributed by atoms with E-state index in [0.717, 1.165) is 65.9 Å². The van der Waals surface area contributed by atoms with Gasteiger partial charge in [0.25, 0.3) is 0 Å². The average molecular weight is 520 g/mol. The molecule has 2 saturated heterocycles. The minimum absolute atomic E-state index is 0.131. The van der Waals surface area contributed by atoms with Gasteiger partial charge < -0.3 is 14.8 Å². The van der Waals surface area contributed by atoms with Crippen LogP contribution in [0, 0.1) is 0 Å². The van der Waals surface area contributed by atoms with Gasteiger partial charge in [0, 0.05) is 66.3 Å². The summed E-state index contributed by atoms with van der Waals surface area (Å²) in [6.07, 6.45) is 5.02. The number of anilines is 1. The van der Waals surface area contributed by atoms with Crippen molar-refractivity contribution in [2.45, 2.75) is 43.3 Å². The molecular weight excluding hydrogens is 486 g/mol. The van der Waals surface area contributed by atoms with E-state index in [9.17, 15) is 8.42 Å². The van der Waals surface area contributed by atoms with Crippen LogP contribution >= 0.6 is 0 Å². The van der Waals surface area contributed by atoms with Crippen LogP contribution in [0.2, 0.25) is 0 Å². The number of aromatic amines is 1. The summed E-state index contributed by atoms with van der Waals surface area (Å²) in [5, 5.41) is 9.55. The van der Waals surface area contributed by atoms with Crippen LogP contribution in [-0.2, 0) is 23.1 Å². The second kappa shape index (κ2) is 9.59. The van der Waals surface area contributed by atoms with Crippen LogP contribution < -0.4 is 4.90 Å². The lowest BCUT2D eigenvalue weighted by Gasteiger charge is -2.39. The summed E-state index contributed by atoms with van der Waals surface area (Å²) in [6.45, 7) is 3.69. The minimum Gasteiger partial charge on any atom is -0.371 e. The molecule has 2 aliphatic heterocycles. The number of rotatable bonds is 8. The van der Waals surface area contributed by atoms with E-state index in [1.54, 1.807) is 15.1 Å². The number of nitrogens with one attached hydrogen (secondary N) is 1. The molecule has 9 nitrogen and oxygen atoms in total. The highest BCUT2D eigenvalue weighted by Crippen LogP contribution is 2.37. The van der Waals surface area contributed by atoms with Crippen molar-refractivity contribution in [3.05, 3.63) is 60.4 Å². The number of para-hydroxylation sites is 1. The van der Waals surface area contributed by atoms with Crippen molar-refractivity contribution in [3.63, 3.8) is 0 Å². The highest BCUT2D eigenvalue weighted by molar-refractivity contribution is 7.89. The van der Waals surface area contributed by atoms with E-state index in [1.165, 1.54) is 0 Å². The number of aromatic nitrogens is 4. The lowest BCUT2D eigenvalue weighted by atomic mass is 10.1. The Kier molecular flexibility index (Phi) is 6.26. The molecule has 4 heterocycles. The third kappa shape index (κ3) is 4.65. The summed E-state index contributed by atoms with van der Waals surface area (Å²) in [4.78, 5) is 8.24. The van der Waals surface area contributed by atoms with Gasteiger partial charge in [0.05, 0.1) is 17.1 Å². The van der Waals surface area contributed by atoms with Crippen molar-refractivity contribution < 1.29 is 8.42 Å². The van der Waals surface area contributed by atoms with Gasteiger partial charge in [0.15, 0.2) is 0 Å². The Morgan fingerprint density at radius 1 is 1.05 bits per heavy atom. The molecule has 6 rings (SSSR count). The second-order valence-electron chi connectivity index (χ2n) is 10.4. The Bertz CT molecular complexity index is 1490. The van der Waals surface area contributed by atoms with E-state index in [4.69, 9.17) is 0 Å². The van der Waals surface area contributed by atoms with Crippen LogP contribution in [0.4, 0.5) is 5.69 Å². The van der Waals surface area contributed by atoms with Crippen LogP contribution in [0.5, 0.6) is 0 Å². The zero-order chi connectivity index (χ0) is 25.6. The molecule has 0 amide bonds. The first-order chi connectivity index (χ1) is 17.9. The molecule has 4 aromatic rings. The summed E-state index contributed by atoms with van der Waals surface area (Å²) in [6, 6.07) is 15.7. The number of hydrogen-bond acceptors (Lipinski definition) is 6. The number of benzene rings is 2. The highest BCUT2D eigenvalue weighted by Gasteiger charge is 2.39. The summed E-state index contributed by atoms with van der Waals surface area (Å²) in [7, 11) is 0.316. The lowest BCUT2D eigenvalue weighted by Crippen LogP contribution is -2.52. The third-order valence-corrected chi connectivity index (χ3v) is 9.34. The first-order valence-electron chi connectivity index (χ1n) is 12.9. The van der Waals surface area contributed by atoms with Gasteiger partial charge in [-0.2, -0.15) is 4.31 Å². The summed E-state index contributed by atoms with van der Waals surface area (Å²) in [5.74, 6) is 0. The molecule has 0 spiro atoms. The maximum absolute atomic E-state index is 13.8. The Morgan fingerprint density at radius 3 is 2.59 bits per heavy atom. The quantitative estimate of drug-likeness (QED) is 0.383. The van der Waals surface area contributed by atoms with E-state index in [1.807, 2.05) is 55.5 Å². The van der Waals surface area contributed by atoms with Crippen molar-refractivity contribution in [3.8, 4) is 11.3 Å². The van der Waals surface area contributed by atoms with Crippen molar-refractivity contribution in [1.29, 1.82) is 0 Å². The molecule has 10 heteroatoms. The highest BCUT2D eigenvalue weighted by atomic mass is 32.2. The van der Waals surface area contributed by atoms with Crippen molar-refractivity contribution in [1.82, 2.24) is 29.2 Å². The molecule has 2 aromatic heterocycles. The smallest absolute Gasteiger partial charge is 0.243 e. The zero-order valence-electron chi connectivity index (χ0n) is 21.3. The van der Waals surface area contributed by atoms with E-state index in [2.05, 4.69) is 32.3 Å². The van der Waals surface area contributed by atoms with E-state index in [0.29, 0.717) is 24.5 Å². The van der Waals surface area contributed by atoms with Crippen LogP contribution in [0.25, 0.3) is 22.2 Å². The Morgan fingerprint density at radius 2 is 1.86 bits per heavy atom. The van der Waals surface area contributed by atoms with Crippen molar-refractivity contribution in [2.24, 2.45) is 0 Å². The van der Waals surface area contributed by atoms with Gasteiger partial charge >= 0.3 is 0 Å². The maximum atomic E-state index is 13.8. The van der Waals surface area contributed by atoms with Crippen LogP contribution in [0.3, 0.4) is 0 Å². The molecule has 2 aromatic carbocycles. The number of H-pyrrole nitrogens is 1. The van der Waals surface area contributed by atoms with E-state index >= 15 is 0 Å².